The molecule has 0 aliphatic heterocycles. The fourth-order valence-corrected chi connectivity index (χ4v) is 2.37. The van der Waals surface area contributed by atoms with Crippen molar-refractivity contribution < 1.29 is 0 Å². The van der Waals surface area contributed by atoms with Gasteiger partial charge in [-0.1, -0.05) is 13.8 Å². The Bertz CT molecular complexity index is 442. The Hall–Kier alpha value is -0.880. The lowest BCUT2D eigenvalue weighted by Crippen LogP contribution is -2.37. The summed E-state index contributed by atoms with van der Waals surface area (Å²) < 4.78 is 1.84. The molecule has 0 fully saturated rings. The lowest BCUT2D eigenvalue weighted by molar-refractivity contribution is 0.240. The van der Waals surface area contributed by atoms with Crippen LogP contribution in [0.4, 0.5) is 5.69 Å². The van der Waals surface area contributed by atoms with Crippen molar-refractivity contribution in [3.05, 3.63) is 21.0 Å². The van der Waals surface area contributed by atoms with E-state index in [2.05, 4.69) is 52.0 Å². The van der Waals surface area contributed by atoms with E-state index in [1.807, 2.05) is 0 Å². The maximum Gasteiger partial charge on any atom is 0.282 e. The van der Waals surface area contributed by atoms with Gasteiger partial charge < -0.3 is 5.32 Å². The highest BCUT2D eigenvalue weighted by molar-refractivity contribution is 9.10. The molecule has 0 spiro atoms. The van der Waals surface area contributed by atoms with E-state index >= 15 is 0 Å². The lowest BCUT2D eigenvalue weighted by atomic mass is 10.2. The standard InChI is InChI=1S/C12H21BrN4O/c1-5-17(6-2)9(3)7-14-10-8-15-16(4)12(18)11(10)13/h8-9,14H,5-7H2,1-4H3. The first-order chi connectivity index (χ1) is 8.51. The summed E-state index contributed by atoms with van der Waals surface area (Å²) in [4.78, 5) is 14.0. The topological polar surface area (TPSA) is 50.2 Å². The molecule has 5 nitrogen and oxygen atoms in total. The Morgan fingerprint density at radius 2 is 2.11 bits per heavy atom. The first-order valence-corrected chi connectivity index (χ1v) is 7.00. The molecule has 1 aromatic heterocycles. The van der Waals surface area contributed by atoms with Gasteiger partial charge in [0.15, 0.2) is 0 Å². The van der Waals surface area contributed by atoms with Crippen molar-refractivity contribution in [2.24, 2.45) is 7.05 Å². The van der Waals surface area contributed by atoms with Crippen LogP contribution in [0, 0.1) is 0 Å². The predicted molar refractivity (Wildman–Crippen MR) is 78.1 cm³/mol. The predicted octanol–water partition coefficient (Wildman–Crippen LogP) is 1.68. The monoisotopic (exact) mass is 316 g/mol. The molecular weight excluding hydrogens is 296 g/mol. The molecule has 0 saturated heterocycles. The number of aromatic nitrogens is 2. The molecule has 0 bridgehead atoms. The second kappa shape index (κ2) is 6.89. The van der Waals surface area contributed by atoms with Crippen LogP contribution in [0.2, 0.25) is 0 Å². The second-order valence-electron chi connectivity index (χ2n) is 4.25. The van der Waals surface area contributed by atoms with E-state index in [-0.39, 0.29) is 5.56 Å². The van der Waals surface area contributed by atoms with Gasteiger partial charge in [0.25, 0.3) is 5.56 Å². The molecule has 1 rings (SSSR count). The average Bonchev–Trinajstić information content (AvgIpc) is 2.36. The summed E-state index contributed by atoms with van der Waals surface area (Å²) in [5.74, 6) is 0. The van der Waals surface area contributed by atoms with Gasteiger partial charge in [-0.2, -0.15) is 5.10 Å². The van der Waals surface area contributed by atoms with E-state index in [4.69, 9.17) is 0 Å². The zero-order valence-electron chi connectivity index (χ0n) is 11.4. The molecule has 0 radical (unpaired) electrons. The molecule has 0 aromatic carbocycles. The highest BCUT2D eigenvalue weighted by Gasteiger charge is 2.11. The zero-order valence-corrected chi connectivity index (χ0v) is 13.0. The number of anilines is 1. The summed E-state index contributed by atoms with van der Waals surface area (Å²) in [6, 6.07) is 0.413. The Balaban J connectivity index is 2.70. The van der Waals surface area contributed by atoms with Crippen LogP contribution in [-0.4, -0.2) is 40.4 Å². The molecule has 6 heteroatoms. The minimum atomic E-state index is -0.129. The highest BCUT2D eigenvalue weighted by Crippen LogP contribution is 2.16. The van der Waals surface area contributed by atoms with Gasteiger partial charge in [-0.15, -0.1) is 0 Å². The van der Waals surface area contributed by atoms with Crippen molar-refractivity contribution in [2.75, 3.05) is 25.0 Å². The SMILES string of the molecule is CCN(CC)C(C)CNc1cnn(C)c(=O)c1Br. The first-order valence-electron chi connectivity index (χ1n) is 6.20. The van der Waals surface area contributed by atoms with Crippen LogP contribution < -0.4 is 10.9 Å². The lowest BCUT2D eigenvalue weighted by Gasteiger charge is -2.26. The molecular formula is C12H21BrN4O. The molecule has 1 heterocycles. The van der Waals surface area contributed by atoms with E-state index in [9.17, 15) is 4.79 Å². The molecule has 0 aliphatic rings. The number of nitrogens with zero attached hydrogens (tertiary/aromatic N) is 3. The molecule has 1 aromatic rings. The maximum atomic E-state index is 11.7. The summed E-state index contributed by atoms with van der Waals surface area (Å²) in [6.07, 6.45) is 1.67. The van der Waals surface area contributed by atoms with E-state index < -0.39 is 0 Å². The first kappa shape index (κ1) is 15.2. The molecule has 18 heavy (non-hydrogen) atoms. The number of nitrogens with one attached hydrogen (secondary N) is 1. The van der Waals surface area contributed by atoms with Gasteiger partial charge in [0.1, 0.15) is 4.47 Å². The number of likely N-dealkylation sites (N-methyl/N-ethyl adjacent to an activating group) is 1. The normalized spacial score (nSPS) is 12.8. The van der Waals surface area contributed by atoms with Gasteiger partial charge in [0.05, 0.1) is 11.9 Å². The van der Waals surface area contributed by atoms with Crippen LogP contribution in [0.5, 0.6) is 0 Å². The van der Waals surface area contributed by atoms with Crippen LogP contribution >= 0.6 is 15.9 Å². The Morgan fingerprint density at radius 3 is 2.67 bits per heavy atom. The van der Waals surface area contributed by atoms with Gasteiger partial charge >= 0.3 is 0 Å². The summed E-state index contributed by atoms with van der Waals surface area (Å²) in [7, 11) is 1.63. The van der Waals surface area contributed by atoms with Crippen LogP contribution in [0.1, 0.15) is 20.8 Å². The summed E-state index contributed by atoms with van der Waals surface area (Å²) >= 11 is 3.30. The molecule has 1 N–H and O–H groups in total. The number of hydrogen-bond donors (Lipinski definition) is 1. The van der Waals surface area contributed by atoms with Crippen LogP contribution in [0.15, 0.2) is 15.5 Å². The molecule has 0 amide bonds. The minimum absolute atomic E-state index is 0.129. The van der Waals surface area contributed by atoms with E-state index in [0.29, 0.717) is 10.5 Å². The molecule has 1 atom stereocenters. The zero-order chi connectivity index (χ0) is 13.7. The van der Waals surface area contributed by atoms with Gasteiger partial charge in [0.2, 0.25) is 0 Å². The molecule has 0 saturated carbocycles. The van der Waals surface area contributed by atoms with Gasteiger partial charge in [-0.25, -0.2) is 4.68 Å². The number of halogens is 1. The smallest absolute Gasteiger partial charge is 0.282 e. The van der Waals surface area contributed by atoms with Crippen LogP contribution in [0.25, 0.3) is 0 Å². The van der Waals surface area contributed by atoms with Crippen LogP contribution in [0.3, 0.4) is 0 Å². The maximum absolute atomic E-state index is 11.7. The summed E-state index contributed by atoms with van der Waals surface area (Å²) in [5, 5.41) is 7.27. The minimum Gasteiger partial charge on any atom is -0.381 e. The summed E-state index contributed by atoms with van der Waals surface area (Å²) in [6.45, 7) is 9.30. The van der Waals surface area contributed by atoms with Crippen molar-refractivity contribution in [1.29, 1.82) is 0 Å². The fourth-order valence-electron chi connectivity index (χ4n) is 1.87. The van der Waals surface area contributed by atoms with E-state index in [0.717, 1.165) is 25.3 Å². The molecule has 0 aliphatic carbocycles. The number of rotatable bonds is 6. The van der Waals surface area contributed by atoms with Crippen molar-refractivity contribution in [3.8, 4) is 0 Å². The van der Waals surface area contributed by atoms with Crippen molar-refractivity contribution >= 4 is 21.6 Å². The quantitative estimate of drug-likeness (QED) is 0.867. The van der Waals surface area contributed by atoms with Gasteiger partial charge in [0, 0.05) is 19.6 Å². The summed E-state index contributed by atoms with van der Waals surface area (Å²) in [5.41, 5.74) is 0.618. The molecule has 102 valence electrons. The van der Waals surface area contributed by atoms with Crippen LogP contribution in [-0.2, 0) is 7.05 Å². The second-order valence-corrected chi connectivity index (χ2v) is 5.05. The van der Waals surface area contributed by atoms with E-state index in [1.165, 1.54) is 4.68 Å². The van der Waals surface area contributed by atoms with Crippen molar-refractivity contribution in [3.63, 3.8) is 0 Å². The largest absolute Gasteiger partial charge is 0.381 e. The van der Waals surface area contributed by atoms with E-state index in [1.54, 1.807) is 13.2 Å². The Morgan fingerprint density at radius 1 is 1.50 bits per heavy atom. The number of aryl methyl sites for hydroxylation is 1. The van der Waals surface area contributed by atoms with Gasteiger partial charge in [-0.3, -0.25) is 9.69 Å². The number of hydrogen-bond acceptors (Lipinski definition) is 4. The Kier molecular flexibility index (Phi) is 5.81. The van der Waals surface area contributed by atoms with Crippen molar-refractivity contribution in [2.45, 2.75) is 26.8 Å². The third kappa shape index (κ3) is 3.55. The van der Waals surface area contributed by atoms with Crippen molar-refractivity contribution in [1.82, 2.24) is 14.7 Å². The fraction of sp³-hybridized carbons (Fsp3) is 0.667. The Labute approximate surface area is 116 Å². The highest BCUT2D eigenvalue weighted by atomic mass is 79.9. The molecule has 1 unspecified atom stereocenters. The third-order valence-electron chi connectivity index (χ3n) is 3.10. The van der Waals surface area contributed by atoms with Gasteiger partial charge in [-0.05, 0) is 35.9 Å². The average molecular weight is 317 g/mol. The third-order valence-corrected chi connectivity index (χ3v) is 3.87.